The number of carbonyl (C=O) groups is 3. The van der Waals surface area contributed by atoms with Gasteiger partial charge in [0.15, 0.2) is 35.7 Å². The molecule has 0 bridgehead atoms. The second-order valence-corrected chi connectivity index (χ2v) is 16.0. The maximum atomic E-state index is 13.4. The van der Waals surface area contributed by atoms with E-state index in [0.29, 0.717) is 24.6 Å². The first-order valence-electron chi connectivity index (χ1n) is 21.1. The number of quaternary nitrogens is 1. The Bertz CT molecular complexity index is 2100. The van der Waals surface area contributed by atoms with E-state index < -0.39 is 5.91 Å². The van der Waals surface area contributed by atoms with Crippen LogP contribution in [-0.4, -0.2) is 101 Å². The van der Waals surface area contributed by atoms with E-state index in [1.165, 1.54) is 11.1 Å². The Hall–Kier alpha value is -5.45. The highest BCUT2D eigenvalue weighted by molar-refractivity contribution is 6.31. The van der Waals surface area contributed by atoms with E-state index in [0.717, 1.165) is 93.2 Å². The lowest BCUT2D eigenvalue weighted by molar-refractivity contribution is -0.933. The van der Waals surface area contributed by atoms with Gasteiger partial charge in [0.2, 0.25) is 0 Å². The van der Waals surface area contributed by atoms with Crippen molar-refractivity contribution in [2.45, 2.75) is 57.4 Å². The van der Waals surface area contributed by atoms with Gasteiger partial charge in [-0.25, -0.2) is 9.97 Å². The zero-order valence-electron chi connectivity index (χ0n) is 36.1. The van der Waals surface area contributed by atoms with Crippen molar-refractivity contribution < 1.29 is 40.7 Å². The summed E-state index contributed by atoms with van der Waals surface area (Å²) in [6.45, 7) is 4.56. The fourth-order valence-corrected chi connectivity index (χ4v) is 7.88. The quantitative estimate of drug-likeness (QED) is 0.0637. The zero-order valence-corrected chi connectivity index (χ0v) is 39.3. The normalized spacial score (nSPS) is 13.7. The predicted molar refractivity (Wildman–Crippen MR) is 253 cm³/mol. The SMILES string of the molecule is Cl.Cl.Nc1nc(N)c(C(=O)N[C@H]2CCC[N+](CCCc3ccc(OCC(=O)NCCc4ccncc4)cc3)(CCCc3ccc(OCC(=O)NCCc4ccncc4)cc3)C2)nc1Cl.[Cl-]. The number of nitrogen functional groups attached to an aromatic ring is 2. The maximum Gasteiger partial charge on any atom is 0.274 e. The zero-order chi connectivity index (χ0) is 43.6. The van der Waals surface area contributed by atoms with Crippen LogP contribution in [0.4, 0.5) is 11.6 Å². The molecule has 1 aliphatic heterocycles. The molecule has 350 valence electrons. The Labute approximate surface area is 404 Å². The molecule has 3 amide bonds. The Morgan fingerprint density at radius 3 is 1.60 bits per heavy atom. The van der Waals surface area contributed by atoms with Crippen molar-refractivity contribution in [3.8, 4) is 11.5 Å². The second kappa shape index (κ2) is 27.8. The van der Waals surface area contributed by atoms with E-state index in [9.17, 15) is 14.4 Å². The van der Waals surface area contributed by atoms with Crippen molar-refractivity contribution in [2.24, 2.45) is 0 Å². The minimum Gasteiger partial charge on any atom is -1.00 e. The number of likely N-dealkylation sites (tertiary alicyclic amines) is 1. The van der Waals surface area contributed by atoms with Crippen LogP contribution in [0.15, 0.2) is 97.6 Å². The Balaban J connectivity index is 0.00000374. The van der Waals surface area contributed by atoms with E-state index in [-0.39, 0.29) is 90.8 Å². The number of amides is 3. The summed E-state index contributed by atoms with van der Waals surface area (Å²) in [5.41, 5.74) is 16.3. The number of ether oxygens (including phenoxy) is 2. The van der Waals surface area contributed by atoms with E-state index in [1.54, 1.807) is 24.8 Å². The molecule has 2 aromatic carbocycles. The third kappa shape index (κ3) is 17.8. The highest BCUT2D eigenvalue weighted by Crippen LogP contribution is 2.25. The molecule has 3 aromatic heterocycles. The average Bonchev–Trinajstić information content (AvgIpc) is 3.28. The molecular formula is C46H58Cl4N10O5. The third-order valence-corrected chi connectivity index (χ3v) is 11.3. The largest absolute Gasteiger partial charge is 1.00 e. The molecule has 1 aliphatic rings. The van der Waals surface area contributed by atoms with E-state index >= 15 is 0 Å². The number of nitrogens with two attached hydrogens (primary N) is 2. The van der Waals surface area contributed by atoms with Crippen LogP contribution in [-0.2, 0) is 35.3 Å². The molecule has 0 radical (unpaired) electrons. The van der Waals surface area contributed by atoms with Gasteiger partial charge in [-0.2, -0.15) is 0 Å². The lowest BCUT2D eigenvalue weighted by atomic mass is 9.99. The van der Waals surface area contributed by atoms with Crippen LogP contribution in [0.2, 0.25) is 5.15 Å². The Morgan fingerprint density at radius 1 is 0.662 bits per heavy atom. The van der Waals surface area contributed by atoms with Gasteiger partial charge in [-0.3, -0.25) is 24.4 Å². The summed E-state index contributed by atoms with van der Waals surface area (Å²) in [7, 11) is 0. The molecule has 19 heteroatoms. The highest BCUT2D eigenvalue weighted by Gasteiger charge is 2.35. The number of nitrogens with zero attached hydrogens (tertiary/aromatic N) is 5. The number of hydrogen-bond acceptors (Lipinski definition) is 11. The molecule has 0 saturated carbocycles. The number of aromatic nitrogens is 4. The van der Waals surface area contributed by atoms with Crippen LogP contribution in [0.5, 0.6) is 11.5 Å². The Kier molecular flexibility index (Phi) is 23.0. The van der Waals surface area contributed by atoms with Gasteiger partial charge in [0.05, 0.1) is 32.2 Å². The minimum atomic E-state index is -0.420. The van der Waals surface area contributed by atoms with Crippen LogP contribution in [0, 0.1) is 0 Å². The number of benzene rings is 2. The van der Waals surface area contributed by atoms with Gasteiger partial charge in [-0.05, 0) is 109 Å². The summed E-state index contributed by atoms with van der Waals surface area (Å²) >= 11 is 6.09. The predicted octanol–water partition coefficient (Wildman–Crippen LogP) is 2.38. The molecule has 1 atom stereocenters. The summed E-state index contributed by atoms with van der Waals surface area (Å²) in [6, 6.07) is 23.5. The number of anilines is 2. The molecular weight excluding hydrogens is 914 g/mol. The Morgan fingerprint density at radius 2 is 1.12 bits per heavy atom. The molecule has 0 unspecified atom stereocenters. The summed E-state index contributed by atoms with van der Waals surface area (Å²) in [5.74, 6) is 0.441. The number of halogens is 4. The van der Waals surface area contributed by atoms with E-state index in [2.05, 4.69) is 35.9 Å². The maximum absolute atomic E-state index is 13.4. The van der Waals surface area contributed by atoms with Crippen molar-refractivity contribution in [3.05, 3.63) is 131 Å². The number of carbonyl (C=O) groups excluding carboxylic acids is 3. The summed E-state index contributed by atoms with van der Waals surface area (Å²) in [5, 5.41) is 8.89. The minimum absolute atomic E-state index is 0. The second-order valence-electron chi connectivity index (χ2n) is 15.6. The molecule has 0 aliphatic carbocycles. The molecule has 65 heavy (non-hydrogen) atoms. The molecule has 1 fully saturated rings. The van der Waals surface area contributed by atoms with Crippen LogP contribution in [0.25, 0.3) is 0 Å². The standard InChI is InChI=1S/C46H55ClN10O5.3ClH/c47-43-45(49)56-44(48)42(55-43)46(60)54-37-6-3-29-57(30-37,27-1-4-33-7-11-38(12-8-33)61-31-40(58)52-25-19-35-15-21-50-22-16-35)28-2-5-34-9-13-39(14-10-34)62-32-41(59)53-26-20-36-17-23-51-24-18-36;;;/h7-18,21-24,37H,1-6,19-20,25-32H2,(H6-,48,49,52,53,54,56,58,59,60);3*1H/t37-;;;/m0.../s1. The van der Waals surface area contributed by atoms with Crippen molar-refractivity contribution >= 4 is 65.8 Å². The number of piperidine rings is 1. The lowest BCUT2D eigenvalue weighted by Crippen LogP contribution is -3.00. The first-order chi connectivity index (χ1) is 30.1. The molecule has 6 rings (SSSR count). The topological polar surface area (TPSA) is 209 Å². The molecule has 5 aromatic rings. The van der Waals surface area contributed by atoms with E-state index in [4.69, 9.17) is 32.5 Å². The first-order valence-corrected chi connectivity index (χ1v) is 21.5. The number of pyridine rings is 2. The molecule has 4 heterocycles. The fourth-order valence-electron chi connectivity index (χ4n) is 7.75. The first kappa shape index (κ1) is 53.9. The molecule has 0 spiro atoms. The van der Waals surface area contributed by atoms with Gasteiger partial charge in [-0.1, -0.05) is 35.9 Å². The van der Waals surface area contributed by atoms with Gasteiger partial charge in [0.1, 0.15) is 11.5 Å². The average molecular weight is 973 g/mol. The smallest absolute Gasteiger partial charge is 0.274 e. The fraction of sp³-hybridized carbons (Fsp3) is 0.370. The monoisotopic (exact) mass is 970 g/mol. The van der Waals surface area contributed by atoms with Crippen LogP contribution < -0.4 is 49.3 Å². The lowest BCUT2D eigenvalue weighted by Gasteiger charge is -2.45. The number of rotatable bonds is 22. The van der Waals surface area contributed by atoms with Crippen molar-refractivity contribution in [1.29, 1.82) is 0 Å². The summed E-state index contributed by atoms with van der Waals surface area (Å²) in [4.78, 5) is 54.2. The number of hydrogen-bond donors (Lipinski definition) is 5. The van der Waals surface area contributed by atoms with Crippen molar-refractivity contribution in [2.75, 3.05) is 63.9 Å². The van der Waals surface area contributed by atoms with Crippen LogP contribution in [0.3, 0.4) is 0 Å². The molecule has 7 N–H and O–H groups in total. The molecule has 1 saturated heterocycles. The van der Waals surface area contributed by atoms with Crippen molar-refractivity contribution in [1.82, 2.24) is 35.9 Å². The summed E-state index contributed by atoms with van der Waals surface area (Å²) in [6.07, 6.45) is 13.8. The van der Waals surface area contributed by atoms with E-state index in [1.807, 2.05) is 72.8 Å². The third-order valence-electron chi connectivity index (χ3n) is 11.0. The van der Waals surface area contributed by atoms with Gasteiger partial charge in [0, 0.05) is 50.7 Å². The number of nitrogens with one attached hydrogen (secondary N) is 3. The van der Waals surface area contributed by atoms with Crippen molar-refractivity contribution in [3.63, 3.8) is 0 Å². The summed E-state index contributed by atoms with van der Waals surface area (Å²) < 4.78 is 12.4. The number of aryl methyl sites for hydroxylation is 2. The van der Waals surface area contributed by atoms with Gasteiger partial charge in [-0.15, -0.1) is 24.8 Å². The van der Waals surface area contributed by atoms with Gasteiger partial charge < -0.3 is 53.8 Å². The van der Waals surface area contributed by atoms with Crippen LogP contribution >= 0.6 is 36.4 Å². The van der Waals surface area contributed by atoms with Crippen LogP contribution in [0.1, 0.15) is 58.4 Å². The highest BCUT2D eigenvalue weighted by atomic mass is 35.5. The van der Waals surface area contributed by atoms with Gasteiger partial charge >= 0.3 is 0 Å². The van der Waals surface area contributed by atoms with Gasteiger partial charge in [0.25, 0.3) is 17.7 Å². The molecule has 15 nitrogen and oxygen atoms in total.